The molecule has 88 valence electrons. The highest BCUT2D eigenvalue weighted by atomic mass is 14.7. The van der Waals surface area contributed by atoms with E-state index < -0.39 is 0 Å². The molecule has 0 fully saturated rings. The standard InChI is InChI=1S/C16H14N2/c1-12-15(10-17)11-18-13(2)16(12)9-8-14-6-4-3-5-7-14/h3-9,11H,1-2H3/b9-8+. The van der Waals surface area contributed by atoms with Gasteiger partial charge in [0.15, 0.2) is 0 Å². The zero-order valence-electron chi connectivity index (χ0n) is 10.5. The van der Waals surface area contributed by atoms with Crippen molar-refractivity contribution < 1.29 is 0 Å². The largest absolute Gasteiger partial charge is 0.260 e. The molecule has 1 heterocycles. The van der Waals surface area contributed by atoms with Crippen molar-refractivity contribution in [1.82, 2.24) is 4.98 Å². The molecule has 2 nitrogen and oxygen atoms in total. The Balaban J connectivity index is 2.41. The fourth-order valence-corrected chi connectivity index (χ4v) is 1.85. The van der Waals surface area contributed by atoms with Crippen molar-refractivity contribution in [1.29, 1.82) is 5.26 Å². The molecular formula is C16H14N2. The van der Waals surface area contributed by atoms with Gasteiger partial charge in [0.2, 0.25) is 0 Å². The average molecular weight is 234 g/mol. The third kappa shape index (κ3) is 2.46. The zero-order chi connectivity index (χ0) is 13.0. The molecule has 0 saturated carbocycles. The van der Waals surface area contributed by atoms with E-state index in [1.54, 1.807) is 6.20 Å². The molecule has 0 atom stereocenters. The van der Waals surface area contributed by atoms with Gasteiger partial charge in [-0.15, -0.1) is 0 Å². The molecule has 0 spiro atoms. The summed E-state index contributed by atoms with van der Waals surface area (Å²) in [6.07, 6.45) is 5.69. The van der Waals surface area contributed by atoms with E-state index in [1.165, 1.54) is 0 Å². The molecule has 0 saturated heterocycles. The summed E-state index contributed by atoms with van der Waals surface area (Å²) in [6, 6.07) is 12.3. The molecule has 0 unspecified atom stereocenters. The Morgan fingerprint density at radius 2 is 1.83 bits per heavy atom. The van der Waals surface area contributed by atoms with Gasteiger partial charge < -0.3 is 0 Å². The fourth-order valence-electron chi connectivity index (χ4n) is 1.85. The highest BCUT2D eigenvalue weighted by Crippen LogP contribution is 2.18. The predicted octanol–water partition coefficient (Wildman–Crippen LogP) is 3.74. The molecule has 0 radical (unpaired) electrons. The van der Waals surface area contributed by atoms with Gasteiger partial charge >= 0.3 is 0 Å². The Labute approximate surface area is 107 Å². The maximum Gasteiger partial charge on any atom is 0.101 e. The molecule has 0 bridgehead atoms. The monoisotopic (exact) mass is 234 g/mol. The van der Waals surface area contributed by atoms with Crippen LogP contribution in [-0.4, -0.2) is 4.98 Å². The maximum absolute atomic E-state index is 9.00. The van der Waals surface area contributed by atoms with Gasteiger partial charge in [-0.25, -0.2) is 0 Å². The highest BCUT2D eigenvalue weighted by Gasteiger charge is 2.05. The van der Waals surface area contributed by atoms with E-state index in [0.29, 0.717) is 5.56 Å². The minimum absolute atomic E-state index is 0.633. The van der Waals surface area contributed by atoms with Gasteiger partial charge in [-0.2, -0.15) is 5.26 Å². The Hall–Kier alpha value is -2.40. The lowest BCUT2D eigenvalue weighted by Crippen LogP contribution is -1.94. The number of hydrogen-bond donors (Lipinski definition) is 0. The van der Waals surface area contributed by atoms with Crippen LogP contribution in [0.4, 0.5) is 0 Å². The van der Waals surface area contributed by atoms with E-state index in [2.05, 4.69) is 11.1 Å². The molecule has 2 heteroatoms. The molecule has 0 aliphatic heterocycles. The highest BCUT2D eigenvalue weighted by molar-refractivity contribution is 5.73. The number of aromatic nitrogens is 1. The molecule has 2 rings (SSSR count). The Morgan fingerprint density at radius 1 is 1.11 bits per heavy atom. The van der Waals surface area contributed by atoms with Crippen molar-refractivity contribution in [2.75, 3.05) is 0 Å². The smallest absolute Gasteiger partial charge is 0.101 e. The second-order valence-corrected chi connectivity index (χ2v) is 4.15. The quantitative estimate of drug-likeness (QED) is 0.793. The average Bonchev–Trinajstić information content (AvgIpc) is 2.40. The van der Waals surface area contributed by atoms with Gasteiger partial charge in [0.1, 0.15) is 6.07 Å². The van der Waals surface area contributed by atoms with E-state index in [9.17, 15) is 0 Å². The molecule has 0 aliphatic carbocycles. The van der Waals surface area contributed by atoms with Crippen LogP contribution in [0.2, 0.25) is 0 Å². The molecule has 0 amide bonds. The zero-order valence-corrected chi connectivity index (χ0v) is 10.5. The topological polar surface area (TPSA) is 36.7 Å². The summed E-state index contributed by atoms with van der Waals surface area (Å²) in [4.78, 5) is 4.25. The maximum atomic E-state index is 9.00. The molecule has 0 N–H and O–H groups in total. The second-order valence-electron chi connectivity index (χ2n) is 4.15. The van der Waals surface area contributed by atoms with Crippen LogP contribution in [0.5, 0.6) is 0 Å². The first-order valence-electron chi connectivity index (χ1n) is 5.82. The van der Waals surface area contributed by atoms with E-state index in [-0.39, 0.29) is 0 Å². The van der Waals surface area contributed by atoms with Gasteiger partial charge in [0.05, 0.1) is 5.56 Å². The Kier molecular flexibility index (Phi) is 3.54. The Morgan fingerprint density at radius 3 is 2.50 bits per heavy atom. The van der Waals surface area contributed by atoms with Crippen LogP contribution in [-0.2, 0) is 0 Å². The van der Waals surface area contributed by atoms with Crippen molar-refractivity contribution in [2.45, 2.75) is 13.8 Å². The fraction of sp³-hybridized carbons (Fsp3) is 0.125. The SMILES string of the molecule is Cc1ncc(C#N)c(C)c1/C=C/c1ccccc1. The van der Waals surface area contributed by atoms with Gasteiger partial charge in [0.25, 0.3) is 0 Å². The minimum Gasteiger partial charge on any atom is -0.260 e. The summed E-state index contributed by atoms with van der Waals surface area (Å²) in [5.41, 5.74) is 4.72. The van der Waals surface area contributed by atoms with Crippen molar-refractivity contribution >= 4 is 12.2 Å². The van der Waals surface area contributed by atoms with Crippen molar-refractivity contribution in [3.05, 3.63) is 64.5 Å². The van der Waals surface area contributed by atoms with Crippen LogP contribution in [0.3, 0.4) is 0 Å². The summed E-state index contributed by atoms with van der Waals surface area (Å²) >= 11 is 0. The van der Waals surface area contributed by atoms with Crippen molar-refractivity contribution in [2.24, 2.45) is 0 Å². The van der Waals surface area contributed by atoms with Gasteiger partial charge in [0, 0.05) is 11.9 Å². The molecular weight excluding hydrogens is 220 g/mol. The number of nitriles is 1. The molecule has 0 aliphatic rings. The normalized spacial score (nSPS) is 10.5. The molecule has 1 aromatic carbocycles. The first kappa shape index (κ1) is 12.1. The number of hydrogen-bond acceptors (Lipinski definition) is 2. The van der Waals surface area contributed by atoms with Crippen LogP contribution in [0.1, 0.15) is 27.9 Å². The van der Waals surface area contributed by atoms with Crippen LogP contribution in [0, 0.1) is 25.2 Å². The summed E-state index contributed by atoms with van der Waals surface area (Å²) < 4.78 is 0. The van der Waals surface area contributed by atoms with Crippen LogP contribution in [0.15, 0.2) is 36.5 Å². The first-order chi connectivity index (χ1) is 8.72. The van der Waals surface area contributed by atoms with Crippen molar-refractivity contribution in [3.8, 4) is 6.07 Å². The van der Waals surface area contributed by atoms with Crippen molar-refractivity contribution in [3.63, 3.8) is 0 Å². The van der Waals surface area contributed by atoms with E-state index in [4.69, 9.17) is 5.26 Å². The molecule has 18 heavy (non-hydrogen) atoms. The number of benzene rings is 1. The van der Waals surface area contributed by atoms with Crippen LogP contribution < -0.4 is 0 Å². The predicted molar refractivity (Wildman–Crippen MR) is 73.8 cm³/mol. The first-order valence-corrected chi connectivity index (χ1v) is 5.82. The third-order valence-corrected chi connectivity index (χ3v) is 2.95. The summed E-state index contributed by atoms with van der Waals surface area (Å²) in [7, 11) is 0. The lowest BCUT2D eigenvalue weighted by atomic mass is 10.0. The summed E-state index contributed by atoms with van der Waals surface area (Å²) in [5.74, 6) is 0. The minimum atomic E-state index is 0.633. The van der Waals surface area contributed by atoms with Crippen LogP contribution in [0.25, 0.3) is 12.2 Å². The van der Waals surface area contributed by atoms with Crippen LogP contribution >= 0.6 is 0 Å². The van der Waals surface area contributed by atoms with Gasteiger partial charge in [-0.3, -0.25) is 4.98 Å². The van der Waals surface area contributed by atoms with E-state index >= 15 is 0 Å². The molecule has 2 aromatic rings. The Bertz CT molecular complexity index is 620. The van der Waals surface area contributed by atoms with E-state index in [0.717, 1.165) is 22.4 Å². The number of pyridine rings is 1. The van der Waals surface area contributed by atoms with E-state index in [1.807, 2.05) is 56.3 Å². The number of nitrogens with zero attached hydrogens (tertiary/aromatic N) is 2. The number of aryl methyl sites for hydroxylation is 1. The van der Waals surface area contributed by atoms with Gasteiger partial charge in [-0.1, -0.05) is 42.5 Å². The number of rotatable bonds is 2. The summed E-state index contributed by atoms with van der Waals surface area (Å²) in [6.45, 7) is 3.91. The lowest BCUT2D eigenvalue weighted by Gasteiger charge is -2.05. The lowest BCUT2D eigenvalue weighted by molar-refractivity contribution is 1.15. The summed E-state index contributed by atoms with van der Waals surface area (Å²) in [5, 5.41) is 9.00. The molecule has 1 aromatic heterocycles. The third-order valence-electron chi connectivity index (χ3n) is 2.95. The van der Waals surface area contributed by atoms with Gasteiger partial charge in [-0.05, 0) is 30.5 Å². The second kappa shape index (κ2) is 5.29.